The van der Waals surface area contributed by atoms with E-state index in [0.717, 1.165) is 12.3 Å². The van der Waals surface area contributed by atoms with Gasteiger partial charge in [0.1, 0.15) is 0 Å². The number of rotatable bonds is 8. The van der Waals surface area contributed by atoms with E-state index in [2.05, 4.69) is 18.6 Å². The molecule has 12 heavy (non-hydrogen) atoms. The van der Waals surface area contributed by atoms with Crippen molar-refractivity contribution < 1.29 is 9.53 Å². The van der Waals surface area contributed by atoms with E-state index in [4.69, 9.17) is 0 Å². The number of hydrogen-bond acceptors (Lipinski definition) is 2. The molecule has 0 aliphatic rings. The zero-order valence-corrected chi connectivity index (χ0v) is 8.21. The molecule has 0 spiro atoms. The summed E-state index contributed by atoms with van der Waals surface area (Å²) in [5.41, 5.74) is 0. The summed E-state index contributed by atoms with van der Waals surface area (Å²) < 4.78 is 4.67. The quantitative estimate of drug-likeness (QED) is 0.415. The van der Waals surface area contributed by atoms with Crippen molar-refractivity contribution in [1.82, 2.24) is 0 Å². The van der Waals surface area contributed by atoms with E-state index in [1.807, 2.05) is 0 Å². The molecule has 72 valence electrons. The van der Waals surface area contributed by atoms with Gasteiger partial charge in [0.15, 0.2) is 0 Å². The first-order valence-corrected chi connectivity index (χ1v) is 4.90. The highest BCUT2D eigenvalue weighted by Gasteiger charge is 2.04. The number of hydrogen-bond donors (Lipinski definition) is 0. The summed E-state index contributed by atoms with van der Waals surface area (Å²) in [6, 6.07) is 0. The molecule has 2 heteroatoms. The molecule has 0 aromatic carbocycles. The van der Waals surface area contributed by atoms with Gasteiger partial charge in [0.2, 0.25) is 0 Å². The highest BCUT2D eigenvalue weighted by molar-refractivity contribution is 5.36. The molecule has 0 saturated carbocycles. The SMILES string of the molecule is CCCCC(CC)CCOC=O. The third kappa shape index (κ3) is 6.20. The molecule has 0 aliphatic carbocycles. The van der Waals surface area contributed by atoms with Crippen LogP contribution in [0.1, 0.15) is 46.0 Å². The van der Waals surface area contributed by atoms with E-state index in [1.165, 1.54) is 25.7 Å². The number of ether oxygens (including phenoxy) is 1. The van der Waals surface area contributed by atoms with Crippen molar-refractivity contribution in [3.8, 4) is 0 Å². The molecule has 1 atom stereocenters. The van der Waals surface area contributed by atoms with Crippen molar-refractivity contribution in [2.45, 2.75) is 46.0 Å². The van der Waals surface area contributed by atoms with Gasteiger partial charge in [-0.1, -0.05) is 39.5 Å². The molecule has 0 bridgehead atoms. The second-order valence-electron chi connectivity index (χ2n) is 3.17. The monoisotopic (exact) mass is 172 g/mol. The van der Waals surface area contributed by atoms with Gasteiger partial charge >= 0.3 is 0 Å². The maximum atomic E-state index is 9.87. The summed E-state index contributed by atoms with van der Waals surface area (Å²) in [6.07, 6.45) is 6.04. The van der Waals surface area contributed by atoms with Gasteiger partial charge < -0.3 is 4.74 Å². The van der Waals surface area contributed by atoms with Gasteiger partial charge in [0.05, 0.1) is 6.61 Å². The van der Waals surface area contributed by atoms with Crippen LogP contribution < -0.4 is 0 Å². The Hall–Kier alpha value is -0.530. The standard InChI is InChI=1S/C10H20O2/c1-3-5-6-10(4-2)7-8-12-9-11/h9-10H,3-8H2,1-2H3. The Kier molecular flexibility index (Phi) is 8.19. The second kappa shape index (κ2) is 8.57. The van der Waals surface area contributed by atoms with E-state index in [0.29, 0.717) is 13.1 Å². The molecule has 0 aromatic heterocycles. The molecule has 1 unspecified atom stereocenters. The zero-order chi connectivity index (χ0) is 9.23. The van der Waals surface area contributed by atoms with Crippen LogP contribution in [0.5, 0.6) is 0 Å². The largest absolute Gasteiger partial charge is 0.468 e. The van der Waals surface area contributed by atoms with Crippen molar-refractivity contribution in [2.24, 2.45) is 5.92 Å². The Morgan fingerprint density at radius 3 is 2.58 bits per heavy atom. The van der Waals surface area contributed by atoms with Crippen LogP contribution in [0.4, 0.5) is 0 Å². The summed E-state index contributed by atoms with van der Waals surface area (Å²) in [5, 5.41) is 0. The van der Waals surface area contributed by atoms with Crippen LogP contribution in [0.25, 0.3) is 0 Å². The Labute approximate surface area is 75.3 Å². The molecule has 0 N–H and O–H groups in total. The third-order valence-electron chi connectivity index (χ3n) is 2.26. The molecule has 0 aliphatic heterocycles. The second-order valence-corrected chi connectivity index (χ2v) is 3.17. The molecule has 0 saturated heterocycles. The van der Waals surface area contributed by atoms with Gasteiger partial charge in [-0.2, -0.15) is 0 Å². The highest BCUT2D eigenvalue weighted by Crippen LogP contribution is 2.15. The van der Waals surface area contributed by atoms with Crippen molar-refractivity contribution in [3.63, 3.8) is 0 Å². The molecule has 0 amide bonds. The van der Waals surface area contributed by atoms with Crippen molar-refractivity contribution in [1.29, 1.82) is 0 Å². The lowest BCUT2D eigenvalue weighted by Crippen LogP contribution is -2.03. The molecule has 0 aromatic rings. The smallest absolute Gasteiger partial charge is 0.293 e. The summed E-state index contributed by atoms with van der Waals surface area (Å²) in [5.74, 6) is 0.741. The summed E-state index contributed by atoms with van der Waals surface area (Å²) in [4.78, 5) is 9.87. The number of carbonyl (C=O) groups excluding carboxylic acids is 1. The minimum atomic E-state index is 0.534. The Morgan fingerprint density at radius 2 is 2.08 bits per heavy atom. The van der Waals surface area contributed by atoms with Crippen LogP contribution in [0.15, 0.2) is 0 Å². The average Bonchev–Trinajstić information content (AvgIpc) is 2.11. The van der Waals surface area contributed by atoms with E-state index < -0.39 is 0 Å². The van der Waals surface area contributed by atoms with Crippen LogP contribution >= 0.6 is 0 Å². The van der Waals surface area contributed by atoms with Crippen LogP contribution in [-0.2, 0) is 9.53 Å². The van der Waals surface area contributed by atoms with E-state index in [1.54, 1.807) is 0 Å². The van der Waals surface area contributed by atoms with Gasteiger partial charge in [-0.3, -0.25) is 4.79 Å². The Balaban J connectivity index is 3.32. The Bertz CT molecular complexity index is 102. The molecule has 0 fully saturated rings. The fourth-order valence-electron chi connectivity index (χ4n) is 1.33. The number of unbranched alkanes of at least 4 members (excludes halogenated alkanes) is 1. The predicted molar refractivity (Wildman–Crippen MR) is 49.9 cm³/mol. The maximum Gasteiger partial charge on any atom is 0.293 e. The van der Waals surface area contributed by atoms with Crippen LogP contribution in [-0.4, -0.2) is 13.1 Å². The fraction of sp³-hybridized carbons (Fsp3) is 0.900. The highest BCUT2D eigenvalue weighted by atomic mass is 16.5. The van der Waals surface area contributed by atoms with Crippen LogP contribution in [0, 0.1) is 5.92 Å². The summed E-state index contributed by atoms with van der Waals surface area (Å²) in [6.45, 7) is 5.52. The lowest BCUT2D eigenvalue weighted by atomic mass is 9.96. The maximum absolute atomic E-state index is 9.87. The molecule has 0 rings (SSSR count). The lowest BCUT2D eigenvalue weighted by molar-refractivity contribution is -0.129. The molecular formula is C10H20O2. The minimum Gasteiger partial charge on any atom is -0.468 e. The first-order valence-electron chi connectivity index (χ1n) is 4.90. The summed E-state index contributed by atoms with van der Waals surface area (Å²) in [7, 11) is 0. The number of carbonyl (C=O) groups is 1. The first kappa shape index (κ1) is 11.5. The first-order chi connectivity index (χ1) is 5.85. The van der Waals surface area contributed by atoms with Gasteiger partial charge in [0.25, 0.3) is 6.47 Å². The van der Waals surface area contributed by atoms with Gasteiger partial charge in [-0.05, 0) is 12.3 Å². The predicted octanol–water partition coefficient (Wildman–Crippen LogP) is 2.77. The molecule has 2 nitrogen and oxygen atoms in total. The van der Waals surface area contributed by atoms with Gasteiger partial charge in [-0.15, -0.1) is 0 Å². The van der Waals surface area contributed by atoms with E-state index >= 15 is 0 Å². The minimum absolute atomic E-state index is 0.534. The van der Waals surface area contributed by atoms with E-state index in [9.17, 15) is 4.79 Å². The molecule has 0 heterocycles. The van der Waals surface area contributed by atoms with Crippen molar-refractivity contribution in [3.05, 3.63) is 0 Å². The van der Waals surface area contributed by atoms with Gasteiger partial charge in [0, 0.05) is 0 Å². The Morgan fingerprint density at radius 1 is 1.33 bits per heavy atom. The van der Waals surface area contributed by atoms with Crippen molar-refractivity contribution in [2.75, 3.05) is 6.61 Å². The van der Waals surface area contributed by atoms with Crippen LogP contribution in [0.3, 0.4) is 0 Å². The molecule has 0 radical (unpaired) electrons. The van der Waals surface area contributed by atoms with Crippen LogP contribution in [0.2, 0.25) is 0 Å². The van der Waals surface area contributed by atoms with Crippen molar-refractivity contribution >= 4 is 6.47 Å². The third-order valence-corrected chi connectivity index (χ3v) is 2.26. The lowest BCUT2D eigenvalue weighted by Gasteiger charge is -2.12. The zero-order valence-electron chi connectivity index (χ0n) is 8.21. The van der Waals surface area contributed by atoms with Gasteiger partial charge in [-0.25, -0.2) is 0 Å². The normalized spacial score (nSPS) is 12.5. The average molecular weight is 172 g/mol. The topological polar surface area (TPSA) is 26.3 Å². The molecular weight excluding hydrogens is 152 g/mol. The van der Waals surface area contributed by atoms with E-state index in [-0.39, 0.29) is 0 Å². The summed E-state index contributed by atoms with van der Waals surface area (Å²) >= 11 is 0. The fourth-order valence-corrected chi connectivity index (χ4v) is 1.33.